The number of carbonyl (C=O) groups excluding carboxylic acids is 1. The van der Waals surface area contributed by atoms with Gasteiger partial charge in [-0.15, -0.1) is 0 Å². The topological polar surface area (TPSA) is 51.2 Å². The number of anilines is 1. The van der Waals surface area contributed by atoms with Crippen LogP contribution in [-0.4, -0.2) is 24.1 Å². The second-order valence-electron chi connectivity index (χ2n) is 5.59. The van der Waals surface area contributed by atoms with Gasteiger partial charge in [0.05, 0.1) is 18.5 Å². The average molecular weight is 284 g/mol. The average Bonchev–Trinajstić information content (AvgIpc) is 2.55. The maximum Gasteiger partial charge on any atom is 0.308 e. The summed E-state index contributed by atoms with van der Waals surface area (Å²) in [5, 5.41) is 4.76. The number of ether oxygens (including phenoxy) is 1. The molecule has 0 unspecified atom stereocenters. The van der Waals surface area contributed by atoms with E-state index in [2.05, 4.69) is 16.4 Å². The zero-order chi connectivity index (χ0) is 14.7. The van der Waals surface area contributed by atoms with Crippen LogP contribution in [0.4, 0.5) is 5.69 Å². The molecule has 4 nitrogen and oxygen atoms in total. The van der Waals surface area contributed by atoms with Crippen LogP contribution >= 0.6 is 0 Å². The van der Waals surface area contributed by atoms with Gasteiger partial charge in [-0.2, -0.15) is 0 Å². The minimum atomic E-state index is -0.0668. The van der Waals surface area contributed by atoms with E-state index in [1.54, 1.807) is 0 Å². The van der Waals surface area contributed by atoms with Crippen molar-refractivity contribution < 1.29 is 9.53 Å². The Hall–Kier alpha value is -2.10. The molecule has 1 aliphatic carbocycles. The number of para-hydroxylation sites is 1. The minimum Gasteiger partial charge on any atom is -0.469 e. The van der Waals surface area contributed by atoms with Gasteiger partial charge < -0.3 is 10.1 Å². The van der Waals surface area contributed by atoms with E-state index in [1.807, 2.05) is 30.5 Å². The third kappa shape index (κ3) is 2.99. The van der Waals surface area contributed by atoms with Gasteiger partial charge in [-0.3, -0.25) is 9.78 Å². The quantitative estimate of drug-likeness (QED) is 0.878. The molecule has 1 aromatic carbocycles. The molecule has 0 saturated heterocycles. The van der Waals surface area contributed by atoms with Gasteiger partial charge in [0.2, 0.25) is 0 Å². The van der Waals surface area contributed by atoms with E-state index in [9.17, 15) is 4.79 Å². The normalized spacial score (nSPS) is 22.0. The highest BCUT2D eigenvalue weighted by atomic mass is 16.5. The van der Waals surface area contributed by atoms with E-state index in [0.29, 0.717) is 6.04 Å². The first kappa shape index (κ1) is 13.9. The van der Waals surface area contributed by atoms with Crippen molar-refractivity contribution in [2.75, 3.05) is 12.4 Å². The highest BCUT2D eigenvalue weighted by Gasteiger charge is 2.26. The molecule has 4 heteroatoms. The number of pyridine rings is 1. The summed E-state index contributed by atoms with van der Waals surface area (Å²) in [6, 6.07) is 10.6. The molecule has 0 aliphatic heterocycles. The fraction of sp³-hybridized carbons (Fsp3) is 0.412. The number of aromatic nitrogens is 1. The van der Waals surface area contributed by atoms with Gasteiger partial charge in [0.15, 0.2) is 0 Å². The number of methoxy groups -OCH3 is 1. The summed E-state index contributed by atoms with van der Waals surface area (Å²) in [6.07, 6.45) is 5.62. The maximum absolute atomic E-state index is 11.6. The Kier molecular flexibility index (Phi) is 4.04. The molecule has 0 bridgehead atoms. The molecule has 1 N–H and O–H groups in total. The molecule has 0 amide bonds. The van der Waals surface area contributed by atoms with Crippen LogP contribution in [-0.2, 0) is 9.53 Å². The van der Waals surface area contributed by atoms with Crippen molar-refractivity contribution in [3.63, 3.8) is 0 Å². The molecule has 21 heavy (non-hydrogen) atoms. The molecule has 0 radical (unpaired) electrons. The summed E-state index contributed by atoms with van der Waals surface area (Å²) in [4.78, 5) is 15.9. The molecule has 110 valence electrons. The van der Waals surface area contributed by atoms with Crippen LogP contribution in [0.5, 0.6) is 0 Å². The van der Waals surface area contributed by atoms with Crippen molar-refractivity contribution in [2.45, 2.75) is 31.7 Å². The zero-order valence-electron chi connectivity index (χ0n) is 12.2. The van der Waals surface area contributed by atoms with Gasteiger partial charge in [0, 0.05) is 23.3 Å². The Bertz CT molecular complexity index is 628. The van der Waals surface area contributed by atoms with Crippen LogP contribution in [0.25, 0.3) is 10.9 Å². The fourth-order valence-electron chi connectivity index (χ4n) is 3.08. The molecule has 1 heterocycles. The number of nitrogens with zero attached hydrogens (tertiary/aromatic N) is 1. The van der Waals surface area contributed by atoms with E-state index in [-0.39, 0.29) is 11.9 Å². The summed E-state index contributed by atoms with van der Waals surface area (Å²) >= 11 is 0. The van der Waals surface area contributed by atoms with Gasteiger partial charge in [-0.25, -0.2) is 0 Å². The molecule has 2 aromatic rings. The molecule has 3 rings (SSSR count). The Morgan fingerprint density at radius 1 is 1.19 bits per heavy atom. The van der Waals surface area contributed by atoms with Crippen molar-refractivity contribution in [1.82, 2.24) is 4.98 Å². The zero-order valence-corrected chi connectivity index (χ0v) is 12.2. The smallest absolute Gasteiger partial charge is 0.308 e. The van der Waals surface area contributed by atoms with E-state index in [0.717, 1.165) is 42.3 Å². The second-order valence-corrected chi connectivity index (χ2v) is 5.59. The van der Waals surface area contributed by atoms with Crippen molar-refractivity contribution in [1.29, 1.82) is 0 Å². The number of esters is 1. The van der Waals surface area contributed by atoms with Crippen molar-refractivity contribution in [3.05, 3.63) is 36.5 Å². The van der Waals surface area contributed by atoms with Crippen LogP contribution in [0.15, 0.2) is 36.5 Å². The predicted octanol–water partition coefficient (Wildman–Crippen LogP) is 3.38. The number of hydrogen-bond donors (Lipinski definition) is 1. The maximum atomic E-state index is 11.6. The van der Waals surface area contributed by atoms with Crippen LogP contribution in [0.3, 0.4) is 0 Å². The van der Waals surface area contributed by atoms with Gasteiger partial charge in [-0.05, 0) is 37.8 Å². The highest BCUT2D eigenvalue weighted by molar-refractivity contribution is 5.90. The molecule has 0 atom stereocenters. The first-order valence-corrected chi connectivity index (χ1v) is 7.46. The molecular weight excluding hydrogens is 264 g/mol. The summed E-state index contributed by atoms with van der Waals surface area (Å²) in [5.74, 6) is 0.00467. The molecule has 1 aromatic heterocycles. The standard InChI is InChI=1S/C17H20N2O2/c1-21-17(20)12-6-8-13(9-7-12)19-16-10-11-18-15-5-3-2-4-14(15)16/h2-5,10-13H,6-9H2,1H3,(H,18,19). The van der Waals surface area contributed by atoms with E-state index >= 15 is 0 Å². The minimum absolute atomic E-state index is 0.0668. The number of hydrogen-bond acceptors (Lipinski definition) is 4. The Balaban J connectivity index is 1.69. The van der Waals surface area contributed by atoms with E-state index < -0.39 is 0 Å². The van der Waals surface area contributed by atoms with Crippen molar-refractivity contribution in [3.8, 4) is 0 Å². The molecule has 0 spiro atoms. The fourth-order valence-corrected chi connectivity index (χ4v) is 3.08. The summed E-state index contributed by atoms with van der Waals surface area (Å²) < 4.78 is 4.83. The van der Waals surface area contributed by atoms with Gasteiger partial charge in [0.25, 0.3) is 0 Å². The lowest BCUT2D eigenvalue weighted by Crippen LogP contribution is -2.29. The lowest BCUT2D eigenvalue weighted by Gasteiger charge is -2.28. The lowest BCUT2D eigenvalue weighted by atomic mass is 9.86. The van der Waals surface area contributed by atoms with Crippen molar-refractivity contribution >= 4 is 22.6 Å². The van der Waals surface area contributed by atoms with Gasteiger partial charge >= 0.3 is 5.97 Å². The summed E-state index contributed by atoms with van der Waals surface area (Å²) in [7, 11) is 1.47. The number of rotatable bonds is 3. The van der Waals surface area contributed by atoms with Crippen LogP contribution in [0.2, 0.25) is 0 Å². The molecule has 1 aliphatic rings. The first-order chi connectivity index (χ1) is 10.3. The molecule has 1 fully saturated rings. The molecule has 1 saturated carbocycles. The first-order valence-electron chi connectivity index (χ1n) is 7.46. The number of nitrogens with one attached hydrogen (secondary N) is 1. The Morgan fingerprint density at radius 3 is 2.71 bits per heavy atom. The van der Waals surface area contributed by atoms with Crippen LogP contribution < -0.4 is 5.32 Å². The summed E-state index contributed by atoms with van der Waals surface area (Å²) in [5.41, 5.74) is 2.13. The van der Waals surface area contributed by atoms with E-state index in [1.165, 1.54) is 7.11 Å². The van der Waals surface area contributed by atoms with Crippen molar-refractivity contribution in [2.24, 2.45) is 5.92 Å². The van der Waals surface area contributed by atoms with E-state index in [4.69, 9.17) is 4.74 Å². The molecular formula is C17H20N2O2. The number of fused-ring (bicyclic) bond motifs is 1. The largest absolute Gasteiger partial charge is 0.469 e. The summed E-state index contributed by atoms with van der Waals surface area (Å²) in [6.45, 7) is 0. The predicted molar refractivity (Wildman–Crippen MR) is 83.1 cm³/mol. The third-order valence-corrected chi connectivity index (χ3v) is 4.27. The Labute approximate surface area is 124 Å². The highest BCUT2D eigenvalue weighted by Crippen LogP contribution is 2.29. The van der Waals surface area contributed by atoms with Gasteiger partial charge in [0.1, 0.15) is 0 Å². The van der Waals surface area contributed by atoms with Gasteiger partial charge in [-0.1, -0.05) is 18.2 Å². The lowest BCUT2D eigenvalue weighted by molar-refractivity contribution is -0.146. The number of carbonyl (C=O) groups is 1. The SMILES string of the molecule is COC(=O)C1CCC(Nc2ccnc3ccccc23)CC1. The second kappa shape index (κ2) is 6.12. The Morgan fingerprint density at radius 2 is 1.95 bits per heavy atom. The number of benzene rings is 1. The van der Waals surface area contributed by atoms with Crippen LogP contribution in [0, 0.1) is 5.92 Å². The monoisotopic (exact) mass is 284 g/mol. The van der Waals surface area contributed by atoms with Crippen LogP contribution in [0.1, 0.15) is 25.7 Å². The third-order valence-electron chi connectivity index (χ3n) is 4.27.